The topological polar surface area (TPSA) is 69.6 Å². The molecule has 0 spiro atoms. The minimum atomic E-state index is -0.119. The molecule has 0 heterocycles. The molecule has 2 atom stereocenters. The Hall–Kier alpha value is -1.88. The summed E-state index contributed by atoms with van der Waals surface area (Å²) in [6, 6.07) is 6.99. The third-order valence-electron chi connectivity index (χ3n) is 3.97. The van der Waals surface area contributed by atoms with Crippen molar-refractivity contribution in [3.05, 3.63) is 29.8 Å². The first kappa shape index (κ1) is 16.5. The molecule has 5 heteroatoms. The first-order chi connectivity index (χ1) is 10.6. The molecule has 1 aliphatic carbocycles. The summed E-state index contributed by atoms with van der Waals surface area (Å²) < 4.78 is 0. The highest BCUT2D eigenvalue weighted by atomic mass is 16.3. The van der Waals surface area contributed by atoms with Gasteiger partial charge in [0.15, 0.2) is 0 Å². The summed E-state index contributed by atoms with van der Waals surface area (Å²) in [7, 11) is 0. The normalized spacial score (nSPS) is 19.6. The number of hydrogen-bond acceptors (Lipinski definition) is 3. The maximum absolute atomic E-state index is 12.5. The van der Waals surface area contributed by atoms with Crippen molar-refractivity contribution in [3.63, 3.8) is 0 Å². The van der Waals surface area contributed by atoms with Gasteiger partial charge < -0.3 is 15.3 Å². The van der Waals surface area contributed by atoms with Crippen LogP contribution in [0.3, 0.4) is 0 Å². The van der Waals surface area contributed by atoms with Gasteiger partial charge in [0.1, 0.15) is 0 Å². The number of carbonyl (C=O) groups excluding carboxylic acids is 2. The van der Waals surface area contributed by atoms with E-state index in [1.54, 1.807) is 29.2 Å². The first-order valence-corrected chi connectivity index (χ1v) is 7.87. The van der Waals surface area contributed by atoms with Crippen LogP contribution in [0.5, 0.6) is 0 Å². The SMILES string of the molecule is CCCN(CCO)C(=O)c1cccc(NC(=O)C2CC2C)c1. The van der Waals surface area contributed by atoms with Gasteiger partial charge in [-0.15, -0.1) is 0 Å². The van der Waals surface area contributed by atoms with Gasteiger partial charge in [-0.3, -0.25) is 9.59 Å². The van der Waals surface area contributed by atoms with Crippen molar-refractivity contribution in [2.24, 2.45) is 11.8 Å². The molecule has 1 aromatic carbocycles. The second-order valence-electron chi connectivity index (χ2n) is 5.91. The lowest BCUT2D eigenvalue weighted by atomic mass is 10.1. The number of nitrogens with zero attached hydrogens (tertiary/aromatic N) is 1. The van der Waals surface area contributed by atoms with Crippen LogP contribution in [0.4, 0.5) is 5.69 Å². The van der Waals surface area contributed by atoms with Gasteiger partial charge in [-0.05, 0) is 37.0 Å². The molecule has 1 fully saturated rings. The predicted molar refractivity (Wildman–Crippen MR) is 85.6 cm³/mol. The molecular formula is C17H24N2O3. The molecule has 2 N–H and O–H groups in total. The molecular weight excluding hydrogens is 280 g/mol. The van der Waals surface area contributed by atoms with Crippen LogP contribution in [-0.4, -0.2) is 41.5 Å². The van der Waals surface area contributed by atoms with Crippen LogP contribution in [0, 0.1) is 11.8 Å². The number of rotatable bonds is 7. The molecule has 2 rings (SSSR count). The average molecular weight is 304 g/mol. The van der Waals surface area contributed by atoms with E-state index in [1.165, 1.54) is 0 Å². The first-order valence-electron chi connectivity index (χ1n) is 7.87. The third-order valence-corrected chi connectivity index (χ3v) is 3.97. The summed E-state index contributed by atoms with van der Waals surface area (Å²) in [6.07, 6.45) is 1.77. The van der Waals surface area contributed by atoms with Gasteiger partial charge in [0.25, 0.3) is 5.91 Å². The van der Waals surface area contributed by atoms with Crippen molar-refractivity contribution in [2.45, 2.75) is 26.7 Å². The molecule has 1 saturated carbocycles. The van der Waals surface area contributed by atoms with Gasteiger partial charge in [-0.25, -0.2) is 0 Å². The summed E-state index contributed by atoms with van der Waals surface area (Å²) in [5.74, 6) is 0.462. The van der Waals surface area contributed by atoms with Crippen LogP contribution in [0.15, 0.2) is 24.3 Å². The quantitative estimate of drug-likeness (QED) is 0.810. The molecule has 0 aromatic heterocycles. The number of carbonyl (C=O) groups is 2. The largest absolute Gasteiger partial charge is 0.395 e. The maximum atomic E-state index is 12.5. The Morgan fingerprint density at radius 2 is 2.09 bits per heavy atom. The average Bonchev–Trinajstić information content (AvgIpc) is 3.24. The monoisotopic (exact) mass is 304 g/mol. The summed E-state index contributed by atoms with van der Waals surface area (Å²) in [4.78, 5) is 26.1. The summed E-state index contributed by atoms with van der Waals surface area (Å²) in [5.41, 5.74) is 1.18. The van der Waals surface area contributed by atoms with E-state index in [4.69, 9.17) is 5.11 Å². The van der Waals surface area contributed by atoms with E-state index in [0.29, 0.717) is 30.3 Å². The van der Waals surface area contributed by atoms with Crippen molar-refractivity contribution in [1.82, 2.24) is 4.90 Å². The van der Waals surface area contributed by atoms with E-state index in [0.717, 1.165) is 12.8 Å². The number of aliphatic hydroxyl groups is 1. The molecule has 120 valence electrons. The zero-order valence-electron chi connectivity index (χ0n) is 13.2. The van der Waals surface area contributed by atoms with E-state index >= 15 is 0 Å². The molecule has 0 saturated heterocycles. The highest BCUT2D eigenvalue weighted by molar-refractivity contribution is 5.98. The van der Waals surface area contributed by atoms with Crippen molar-refractivity contribution in [1.29, 1.82) is 0 Å². The third kappa shape index (κ3) is 4.07. The minimum absolute atomic E-state index is 0.0258. The van der Waals surface area contributed by atoms with Crippen LogP contribution >= 0.6 is 0 Å². The van der Waals surface area contributed by atoms with E-state index in [-0.39, 0.29) is 24.3 Å². The Morgan fingerprint density at radius 1 is 1.36 bits per heavy atom. The van der Waals surface area contributed by atoms with E-state index in [2.05, 4.69) is 12.2 Å². The zero-order valence-corrected chi connectivity index (χ0v) is 13.2. The molecule has 0 aliphatic heterocycles. The number of aliphatic hydroxyl groups excluding tert-OH is 1. The second-order valence-corrected chi connectivity index (χ2v) is 5.91. The summed E-state index contributed by atoms with van der Waals surface area (Å²) in [5, 5.41) is 11.9. The number of hydrogen-bond donors (Lipinski definition) is 2. The van der Waals surface area contributed by atoms with E-state index < -0.39 is 0 Å². The Morgan fingerprint density at radius 3 is 2.68 bits per heavy atom. The summed E-state index contributed by atoms with van der Waals surface area (Å²) in [6.45, 7) is 4.92. The molecule has 5 nitrogen and oxygen atoms in total. The lowest BCUT2D eigenvalue weighted by Crippen LogP contribution is -2.34. The Bertz CT molecular complexity index is 538. The lowest BCUT2D eigenvalue weighted by molar-refractivity contribution is -0.117. The fourth-order valence-electron chi connectivity index (χ4n) is 2.54. The number of nitrogens with one attached hydrogen (secondary N) is 1. The van der Waals surface area contributed by atoms with Gasteiger partial charge >= 0.3 is 0 Å². The lowest BCUT2D eigenvalue weighted by Gasteiger charge is -2.21. The minimum Gasteiger partial charge on any atom is -0.395 e. The van der Waals surface area contributed by atoms with Gasteiger partial charge in [0.2, 0.25) is 5.91 Å². The Labute approximate surface area is 131 Å². The number of anilines is 1. The number of amides is 2. The van der Waals surface area contributed by atoms with Crippen LogP contribution in [0.2, 0.25) is 0 Å². The zero-order chi connectivity index (χ0) is 16.1. The smallest absolute Gasteiger partial charge is 0.254 e. The second kappa shape index (κ2) is 7.40. The van der Waals surface area contributed by atoms with Gasteiger partial charge in [0.05, 0.1) is 6.61 Å². The fourth-order valence-corrected chi connectivity index (χ4v) is 2.54. The molecule has 0 radical (unpaired) electrons. The molecule has 1 aromatic rings. The molecule has 2 unspecified atom stereocenters. The van der Waals surface area contributed by atoms with E-state index in [1.807, 2.05) is 6.92 Å². The number of benzene rings is 1. The van der Waals surface area contributed by atoms with Crippen molar-refractivity contribution >= 4 is 17.5 Å². The highest BCUT2D eigenvalue weighted by Gasteiger charge is 2.39. The van der Waals surface area contributed by atoms with E-state index in [9.17, 15) is 9.59 Å². The van der Waals surface area contributed by atoms with Crippen LogP contribution < -0.4 is 5.32 Å². The van der Waals surface area contributed by atoms with Gasteiger partial charge in [-0.1, -0.05) is 19.9 Å². The molecule has 22 heavy (non-hydrogen) atoms. The molecule has 0 bridgehead atoms. The Kier molecular flexibility index (Phi) is 5.55. The standard InChI is InChI=1S/C17H24N2O3/c1-3-7-19(8-9-20)17(22)13-5-4-6-14(11-13)18-16(21)15-10-12(15)2/h4-6,11-12,15,20H,3,7-10H2,1-2H3,(H,18,21). The molecule has 1 aliphatic rings. The van der Waals surface area contributed by atoms with Crippen molar-refractivity contribution in [3.8, 4) is 0 Å². The maximum Gasteiger partial charge on any atom is 0.254 e. The van der Waals surface area contributed by atoms with Crippen molar-refractivity contribution < 1.29 is 14.7 Å². The fraction of sp³-hybridized carbons (Fsp3) is 0.529. The predicted octanol–water partition coefficient (Wildman–Crippen LogP) is 2.13. The summed E-state index contributed by atoms with van der Waals surface area (Å²) >= 11 is 0. The van der Waals surface area contributed by atoms with Gasteiger partial charge in [0, 0.05) is 30.3 Å². The Balaban J connectivity index is 2.06. The van der Waals surface area contributed by atoms with Crippen LogP contribution in [0.1, 0.15) is 37.0 Å². The van der Waals surface area contributed by atoms with Crippen molar-refractivity contribution in [2.75, 3.05) is 25.0 Å². The van der Waals surface area contributed by atoms with Crippen LogP contribution in [-0.2, 0) is 4.79 Å². The van der Waals surface area contributed by atoms with Crippen LogP contribution in [0.25, 0.3) is 0 Å². The molecule has 2 amide bonds. The van der Waals surface area contributed by atoms with Gasteiger partial charge in [-0.2, -0.15) is 0 Å². The highest BCUT2D eigenvalue weighted by Crippen LogP contribution is 2.38.